The van der Waals surface area contributed by atoms with E-state index in [-0.39, 0.29) is 5.91 Å². The summed E-state index contributed by atoms with van der Waals surface area (Å²) < 4.78 is 0. The van der Waals surface area contributed by atoms with Crippen LogP contribution < -0.4 is 5.32 Å². The highest BCUT2D eigenvalue weighted by atomic mass is 16.2. The van der Waals surface area contributed by atoms with Crippen molar-refractivity contribution in [3.63, 3.8) is 0 Å². The van der Waals surface area contributed by atoms with Crippen molar-refractivity contribution in [1.29, 1.82) is 0 Å². The van der Waals surface area contributed by atoms with E-state index in [9.17, 15) is 4.79 Å². The normalized spacial score (nSPS) is 16.7. The molecule has 0 fully saturated rings. The van der Waals surface area contributed by atoms with Gasteiger partial charge in [-0.05, 0) is 50.8 Å². The number of benzene rings is 1. The monoisotopic (exact) mass is 274 g/mol. The minimum Gasteiger partial charge on any atom is -0.339 e. The van der Waals surface area contributed by atoms with E-state index in [1.165, 1.54) is 5.56 Å². The Kier molecular flexibility index (Phi) is 5.60. The van der Waals surface area contributed by atoms with Gasteiger partial charge >= 0.3 is 0 Å². The molecule has 1 unspecified atom stereocenters. The minimum absolute atomic E-state index is 0.218. The SMILES string of the molecule is CCC(CCCN1CCCc2ccccc2C1=O)NC. The molecule has 1 aliphatic heterocycles. The maximum absolute atomic E-state index is 12.6. The summed E-state index contributed by atoms with van der Waals surface area (Å²) in [5.41, 5.74) is 2.12. The zero-order valence-electron chi connectivity index (χ0n) is 12.7. The van der Waals surface area contributed by atoms with Crippen molar-refractivity contribution in [2.24, 2.45) is 0 Å². The third kappa shape index (κ3) is 3.60. The summed E-state index contributed by atoms with van der Waals surface area (Å²) >= 11 is 0. The summed E-state index contributed by atoms with van der Waals surface area (Å²) in [6.45, 7) is 3.98. The van der Waals surface area contributed by atoms with Gasteiger partial charge in [0, 0.05) is 24.7 Å². The van der Waals surface area contributed by atoms with Crippen LogP contribution in [0.2, 0.25) is 0 Å². The van der Waals surface area contributed by atoms with Crippen molar-refractivity contribution in [3.05, 3.63) is 35.4 Å². The number of nitrogens with zero attached hydrogens (tertiary/aromatic N) is 1. The van der Waals surface area contributed by atoms with E-state index in [0.29, 0.717) is 6.04 Å². The second-order valence-corrected chi connectivity index (χ2v) is 5.59. The van der Waals surface area contributed by atoms with Crippen LogP contribution in [0.4, 0.5) is 0 Å². The Hall–Kier alpha value is -1.35. The zero-order valence-corrected chi connectivity index (χ0v) is 12.7. The highest BCUT2D eigenvalue weighted by molar-refractivity contribution is 5.96. The molecule has 1 aromatic carbocycles. The first-order chi connectivity index (χ1) is 9.76. The van der Waals surface area contributed by atoms with Gasteiger partial charge in [-0.1, -0.05) is 25.1 Å². The number of carbonyl (C=O) groups excluding carboxylic acids is 1. The number of rotatable bonds is 6. The number of carbonyl (C=O) groups is 1. The Labute approximate surface area is 122 Å². The summed E-state index contributed by atoms with van der Waals surface area (Å²) in [7, 11) is 2.02. The molecule has 0 saturated carbocycles. The lowest BCUT2D eigenvalue weighted by Crippen LogP contribution is -2.33. The molecule has 2 rings (SSSR count). The van der Waals surface area contributed by atoms with Crippen molar-refractivity contribution in [2.45, 2.75) is 45.1 Å². The second-order valence-electron chi connectivity index (χ2n) is 5.59. The molecule has 3 heteroatoms. The first kappa shape index (κ1) is 15.0. The Morgan fingerprint density at radius 3 is 2.90 bits per heavy atom. The average molecular weight is 274 g/mol. The van der Waals surface area contributed by atoms with Gasteiger partial charge in [-0.3, -0.25) is 4.79 Å². The van der Waals surface area contributed by atoms with E-state index in [2.05, 4.69) is 18.3 Å². The highest BCUT2D eigenvalue weighted by Gasteiger charge is 2.21. The second kappa shape index (κ2) is 7.44. The molecule has 1 aromatic rings. The summed E-state index contributed by atoms with van der Waals surface area (Å²) in [5.74, 6) is 0.218. The number of hydrogen-bond acceptors (Lipinski definition) is 2. The maximum atomic E-state index is 12.6. The van der Waals surface area contributed by atoms with Crippen LogP contribution in [0.3, 0.4) is 0 Å². The molecule has 1 amide bonds. The summed E-state index contributed by atoms with van der Waals surface area (Å²) in [6, 6.07) is 8.63. The Morgan fingerprint density at radius 1 is 1.35 bits per heavy atom. The van der Waals surface area contributed by atoms with Crippen molar-refractivity contribution >= 4 is 5.91 Å². The molecule has 3 nitrogen and oxygen atoms in total. The van der Waals surface area contributed by atoms with E-state index in [1.807, 2.05) is 30.1 Å². The summed E-state index contributed by atoms with van der Waals surface area (Å²) in [4.78, 5) is 14.6. The largest absolute Gasteiger partial charge is 0.339 e. The fourth-order valence-corrected chi connectivity index (χ4v) is 2.97. The van der Waals surface area contributed by atoms with Crippen molar-refractivity contribution in [2.75, 3.05) is 20.1 Å². The Balaban J connectivity index is 1.94. The van der Waals surface area contributed by atoms with E-state index >= 15 is 0 Å². The van der Waals surface area contributed by atoms with E-state index < -0.39 is 0 Å². The zero-order chi connectivity index (χ0) is 14.4. The lowest BCUT2D eigenvalue weighted by atomic mass is 10.0. The number of nitrogens with one attached hydrogen (secondary N) is 1. The summed E-state index contributed by atoms with van der Waals surface area (Å²) in [6.07, 6.45) is 5.46. The number of hydrogen-bond donors (Lipinski definition) is 1. The lowest BCUT2D eigenvalue weighted by Gasteiger charge is -2.22. The third-order valence-electron chi connectivity index (χ3n) is 4.29. The van der Waals surface area contributed by atoms with Gasteiger partial charge in [-0.2, -0.15) is 0 Å². The number of amides is 1. The van der Waals surface area contributed by atoms with Gasteiger partial charge in [0.15, 0.2) is 0 Å². The van der Waals surface area contributed by atoms with Crippen LogP contribution in [0, 0.1) is 0 Å². The van der Waals surface area contributed by atoms with Gasteiger partial charge in [0.1, 0.15) is 0 Å². The van der Waals surface area contributed by atoms with E-state index in [0.717, 1.165) is 50.8 Å². The van der Waals surface area contributed by atoms with Crippen LogP contribution in [0.5, 0.6) is 0 Å². The van der Waals surface area contributed by atoms with Crippen LogP contribution in [-0.4, -0.2) is 37.0 Å². The molecule has 0 saturated heterocycles. The maximum Gasteiger partial charge on any atom is 0.254 e. The van der Waals surface area contributed by atoms with Crippen LogP contribution in [0.15, 0.2) is 24.3 Å². The number of aryl methyl sites for hydroxylation is 1. The van der Waals surface area contributed by atoms with Gasteiger partial charge in [0.25, 0.3) is 5.91 Å². The van der Waals surface area contributed by atoms with Gasteiger partial charge < -0.3 is 10.2 Å². The van der Waals surface area contributed by atoms with E-state index in [4.69, 9.17) is 0 Å². The van der Waals surface area contributed by atoms with Crippen LogP contribution in [-0.2, 0) is 6.42 Å². The standard InChI is InChI=1S/C17H26N2O/c1-3-15(18-2)10-7-13-19-12-6-9-14-8-4-5-11-16(14)17(19)20/h4-5,8,11,15,18H,3,6-7,9-10,12-13H2,1-2H3. The molecule has 0 aromatic heterocycles. The molecular weight excluding hydrogens is 248 g/mol. The number of fused-ring (bicyclic) bond motifs is 1. The highest BCUT2D eigenvalue weighted by Crippen LogP contribution is 2.19. The van der Waals surface area contributed by atoms with Gasteiger partial charge in [-0.25, -0.2) is 0 Å². The molecule has 1 atom stereocenters. The predicted octanol–water partition coefficient (Wildman–Crippen LogP) is 2.85. The van der Waals surface area contributed by atoms with Crippen LogP contribution in [0.1, 0.15) is 48.5 Å². The molecule has 1 heterocycles. The first-order valence-electron chi connectivity index (χ1n) is 7.80. The van der Waals surface area contributed by atoms with Crippen molar-refractivity contribution < 1.29 is 4.79 Å². The fraction of sp³-hybridized carbons (Fsp3) is 0.588. The topological polar surface area (TPSA) is 32.3 Å². The Bertz CT molecular complexity index is 440. The molecule has 0 spiro atoms. The van der Waals surface area contributed by atoms with Crippen LogP contribution >= 0.6 is 0 Å². The minimum atomic E-state index is 0.218. The molecule has 1 N–H and O–H groups in total. The molecule has 110 valence electrons. The molecule has 20 heavy (non-hydrogen) atoms. The molecular formula is C17H26N2O. The quantitative estimate of drug-likeness (QED) is 0.865. The van der Waals surface area contributed by atoms with Crippen molar-refractivity contribution in [3.8, 4) is 0 Å². The lowest BCUT2D eigenvalue weighted by molar-refractivity contribution is 0.0757. The first-order valence-corrected chi connectivity index (χ1v) is 7.80. The molecule has 0 bridgehead atoms. The third-order valence-corrected chi connectivity index (χ3v) is 4.29. The summed E-state index contributed by atoms with van der Waals surface area (Å²) in [5, 5.41) is 3.33. The Morgan fingerprint density at radius 2 is 2.15 bits per heavy atom. The average Bonchev–Trinajstić information content (AvgIpc) is 2.64. The van der Waals surface area contributed by atoms with E-state index in [1.54, 1.807) is 0 Å². The fourth-order valence-electron chi connectivity index (χ4n) is 2.97. The smallest absolute Gasteiger partial charge is 0.254 e. The van der Waals surface area contributed by atoms with Gasteiger partial charge in [0.05, 0.1) is 0 Å². The van der Waals surface area contributed by atoms with Crippen molar-refractivity contribution in [1.82, 2.24) is 10.2 Å². The molecule has 0 radical (unpaired) electrons. The predicted molar refractivity (Wildman–Crippen MR) is 83.0 cm³/mol. The van der Waals surface area contributed by atoms with Gasteiger partial charge in [-0.15, -0.1) is 0 Å². The molecule has 1 aliphatic rings. The van der Waals surface area contributed by atoms with Crippen LogP contribution in [0.25, 0.3) is 0 Å². The van der Waals surface area contributed by atoms with Gasteiger partial charge in [0.2, 0.25) is 0 Å². The molecule has 0 aliphatic carbocycles.